The summed E-state index contributed by atoms with van der Waals surface area (Å²) in [6.07, 6.45) is 4.28. The van der Waals surface area contributed by atoms with Crippen molar-refractivity contribution in [3.63, 3.8) is 0 Å². The first-order chi connectivity index (χ1) is 13.7. The fourth-order valence-electron chi connectivity index (χ4n) is 3.77. The largest absolute Gasteiger partial charge is 0.349 e. The molecule has 0 radical (unpaired) electrons. The lowest BCUT2D eigenvalue weighted by Crippen LogP contribution is -2.34. The minimum atomic E-state index is -0.162. The average molecular weight is 376 g/mol. The van der Waals surface area contributed by atoms with E-state index in [4.69, 9.17) is 0 Å². The van der Waals surface area contributed by atoms with Crippen molar-refractivity contribution in [1.82, 2.24) is 30.0 Å². The third-order valence-corrected chi connectivity index (χ3v) is 5.26. The normalized spacial score (nSPS) is 17.0. The van der Waals surface area contributed by atoms with E-state index in [-0.39, 0.29) is 5.91 Å². The first kappa shape index (κ1) is 18.3. The summed E-state index contributed by atoms with van der Waals surface area (Å²) >= 11 is 0. The van der Waals surface area contributed by atoms with E-state index in [9.17, 15) is 4.79 Å². The summed E-state index contributed by atoms with van der Waals surface area (Å²) in [7, 11) is 0. The quantitative estimate of drug-likeness (QED) is 0.714. The third-order valence-electron chi connectivity index (χ3n) is 5.26. The maximum absolute atomic E-state index is 12.4. The topological polar surface area (TPSA) is 75.9 Å². The van der Waals surface area contributed by atoms with Gasteiger partial charge in [-0.3, -0.25) is 9.36 Å². The summed E-state index contributed by atoms with van der Waals surface area (Å²) < 4.78 is 1.67. The number of benzene rings is 1. The van der Waals surface area contributed by atoms with E-state index in [0.717, 1.165) is 19.6 Å². The number of nitrogens with one attached hydrogen (secondary N) is 1. The van der Waals surface area contributed by atoms with Gasteiger partial charge >= 0.3 is 0 Å². The Morgan fingerprint density at radius 2 is 1.96 bits per heavy atom. The molecular formula is C21H24N6O. The lowest BCUT2D eigenvalue weighted by molar-refractivity contribution is 0.0944. The van der Waals surface area contributed by atoms with Crippen LogP contribution < -0.4 is 5.32 Å². The van der Waals surface area contributed by atoms with E-state index in [1.54, 1.807) is 23.3 Å². The summed E-state index contributed by atoms with van der Waals surface area (Å²) in [5.74, 6) is 1.04. The minimum Gasteiger partial charge on any atom is -0.349 e. The van der Waals surface area contributed by atoms with Crippen molar-refractivity contribution < 1.29 is 4.79 Å². The number of aryl methyl sites for hydroxylation is 1. The number of likely N-dealkylation sites (tertiary alicyclic amines) is 1. The minimum absolute atomic E-state index is 0.162. The molecule has 1 amide bonds. The van der Waals surface area contributed by atoms with Crippen LogP contribution in [0.1, 0.15) is 34.0 Å². The summed E-state index contributed by atoms with van der Waals surface area (Å²) in [4.78, 5) is 19.2. The molecule has 1 N–H and O–H groups in total. The highest BCUT2D eigenvalue weighted by atomic mass is 16.1. The molecule has 1 atom stereocenters. The fraction of sp³-hybridized carbons (Fsp3) is 0.333. The molecule has 0 bridgehead atoms. The van der Waals surface area contributed by atoms with Crippen LogP contribution in [0.4, 0.5) is 0 Å². The van der Waals surface area contributed by atoms with E-state index in [1.807, 2.05) is 12.1 Å². The molecule has 4 rings (SSSR count). The number of pyridine rings is 1. The Hall–Kier alpha value is -3.06. The second kappa shape index (κ2) is 8.31. The van der Waals surface area contributed by atoms with Crippen molar-refractivity contribution in [3.8, 4) is 5.82 Å². The molecular weight excluding hydrogens is 352 g/mol. The fourth-order valence-corrected chi connectivity index (χ4v) is 3.77. The zero-order valence-electron chi connectivity index (χ0n) is 16.0. The van der Waals surface area contributed by atoms with E-state index in [2.05, 4.69) is 56.6 Å². The van der Waals surface area contributed by atoms with E-state index >= 15 is 0 Å². The maximum Gasteiger partial charge on any atom is 0.270 e. The molecule has 3 aromatic rings. The summed E-state index contributed by atoms with van der Waals surface area (Å²) in [6.45, 7) is 5.74. The average Bonchev–Trinajstić information content (AvgIpc) is 3.41. The summed E-state index contributed by atoms with van der Waals surface area (Å²) in [6, 6.07) is 14.0. The Kier molecular flexibility index (Phi) is 5.43. The second-order valence-corrected chi connectivity index (χ2v) is 7.15. The molecule has 1 fully saturated rings. The van der Waals surface area contributed by atoms with Gasteiger partial charge in [0.1, 0.15) is 24.2 Å². The third kappa shape index (κ3) is 4.09. The number of carbonyl (C=O) groups excluding carboxylic acids is 1. The maximum atomic E-state index is 12.4. The number of hydrogen-bond acceptors (Lipinski definition) is 5. The van der Waals surface area contributed by atoms with Gasteiger partial charge in [-0.15, -0.1) is 10.2 Å². The smallest absolute Gasteiger partial charge is 0.270 e. The Balaban J connectivity index is 1.28. The van der Waals surface area contributed by atoms with Crippen LogP contribution in [-0.4, -0.2) is 56.7 Å². The van der Waals surface area contributed by atoms with Crippen molar-refractivity contribution in [1.29, 1.82) is 0 Å². The van der Waals surface area contributed by atoms with E-state index in [1.165, 1.54) is 17.5 Å². The van der Waals surface area contributed by atoms with E-state index in [0.29, 0.717) is 24.0 Å². The molecule has 0 unspecified atom stereocenters. The van der Waals surface area contributed by atoms with Gasteiger partial charge in [0.15, 0.2) is 0 Å². The van der Waals surface area contributed by atoms with Gasteiger partial charge in [-0.05, 0) is 49.1 Å². The number of hydrogen-bond donors (Lipinski definition) is 1. The highest BCUT2D eigenvalue weighted by Crippen LogP contribution is 2.28. The lowest BCUT2D eigenvalue weighted by Gasteiger charge is -2.17. The van der Waals surface area contributed by atoms with Crippen molar-refractivity contribution >= 4 is 5.91 Å². The Morgan fingerprint density at radius 1 is 1.14 bits per heavy atom. The van der Waals surface area contributed by atoms with Gasteiger partial charge in [0.2, 0.25) is 0 Å². The number of carbonyl (C=O) groups is 1. The van der Waals surface area contributed by atoms with Gasteiger partial charge in [-0.2, -0.15) is 0 Å². The SMILES string of the molecule is Cc1ccccc1[C@@H]1CCN(CCNC(=O)c2cccc(-n3cnnc3)n2)C1. The molecule has 3 heterocycles. The molecule has 1 aliphatic heterocycles. The van der Waals surface area contributed by atoms with Crippen LogP contribution in [0.15, 0.2) is 55.1 Å². The van der Waals surface area contributed by atoms with Crippen molar-refractivity contribution in [2.24, 2.45) is 0 Å². The molecule has 0 aliphatic carbocycles. The predicted molar refractivity (Wildman–Crippen MR) is 106 cm³/mol. The predicted octanol–water partition coefficient (Wildman–Crippen LogP) is 2.19. The zero-order chi connectivity index (χ0) is 19.3. The second-order valence-electron chi connectivity index (χ2n) is 7.15. The van der Waals surface area contributed by atoms with Crippen LogP contribution in [0.3, 0.4) is 0 Å². The van der Waals surface area contributed by atoms with Gasteiger partial charge in [0.25, 0.3) is 5.91 Å². The molecule has 0 saturated carbocycles. The number of rotatable bonds is 6. The summed E-state index contributed by atoms with van der Waals surface area (Å²) in [5.41, 5.74) is 3.20. The van der Waals surface area contributed by atoms with Crippen LogP contribution in [0.25, 0.3) is 5.82 Å². The molecule has 0 spiro atoms. The van der Waals surface area contributed by atoms with Crippen LogP contribution in [-0.2, 0) is 0 Å². The highest BCUT2D eigenvalue weighted by Gasteiger charge is 2.24. The summed E-state index contributed by atoms with van der Waals surface area (Å²) in [5, 5.41) is 10.5. The van der Waals surface area contributed by atoms with Crippen LogP contribution >= 0.6 is 0 Å². The van der Waals surface area contributed by atoms with Crippen LogP contribution in [0, 0.1) is 6.92 Å². The molecule has 1 aliphatic rings. The van der Waals surface area contributed by atoms with Gasteiger partial charge in [-0.25, -0.2) is 4.98 Å². The Labute approximate surface area is 164 Å². The highest BCUT2D eigenvalue weighted by molar-refractivity contribution is 5.92. The molecule has 2 aromatic heterocycles. The van der Waals surface area contributed by atoms with Gasteiger partial charge in [0, 0.05) is 19.6 Å². The molecule has 144 valence electrons. The molecule has 1 aromatic carbocycles. The molecule has 7 nitrogen and oxygen atoms in total. The number of amides is 1. The number of aromatic nitrogens is 4. The first-order valence-corrected chi connectivity index (χ1v) is 9.59. The molecule has 7 heteroatoms. The zero-order valence-corrected chi connectivity index (χ0v) is 16.0. The first-order valence-electron chi connectivity index (χ1n) is 9.59. The monoisotopic (exact) mass is 376 g/mol. The van der Waals surface area contributed by atoms with Crippen molar-refractivity contribution in [2.45, 2.75) is 19.3 Å². The molecule has 1 saturated heterocycles. The standard InChI is InChI=1S/C21H24N6O/c1-16-5-2-3-6-18(16)17-9-11-26(13-17)12-10-22-21(28)19-7-4-8-20(25-19)27-14-23-24-15-27/h2-8,14-15,17H,9-13H2,1H3,(H,22,28)/t17-/m1/s1. The van der Waals surface area contributed by atoms with E-state index < -0.39 is 0 Å². The van der Waals surface area contributed by atoms with Crippen molar-refractivity contribution in [3.05, 3.63) is 71.9 Å². The van der Waals surface area contributed by atoms with Gasteiger partial charge in [-0.1, -0.05) is 30.3 Å². The lowest BCUT2D eigenvalue weighted by atomic mass is 9.94. The molecule has 28 heavy (non-hydrogen) atoms. The van der Waals surface area contributed by atoms with Gasteiger partial charge < -0.3 is 10.2 Å². The number of nitrogens with zero attached hydrogens (tertiary/aromatic N) is 5. The van der Waals surface area contributed by atoms with Crippen LogP contribution in [0.2, 0.25) is 0 Å². The van der Waals surface area contributed by atoms with Crippen molar-refractivity contribution in [2.75, 3.05) is 26.2 Å². The van der Waals surface area contributed by atoms with Crippen LogP contribution in [0.5, 0.6) is 0 Å². The van der Waals surface area contributed by atoms with Gasteiger partial charge in [0.05, 0.1) is 0 Å². The Bertz CT molecular complexity index is 940. The Morgan fingerprint density at radius 3 is 2.79 bits per heavy atom.